The Bertz CT molecular complexity index is 902. The van der Waals surface area contributed by atoms with Crippen molar-refractivity contribution in [1.82, 2.24) is 9.80 Å². The summed E-state index contributed by atoms with van der Waals surface area (Å²) in [4.78, 5) is 16.5. The summed E-state index contributed by atoms with van der Waals surface area (Å²) in [5, 5.41) is 7.88. The number of likely N-dealkylation sites (N-methyl/N-ethyl adjacent to an activating group) is 1. The molecule has 0 spiro atoms. The minimum absolute atomic E-state index is 0.0298. The van der Waals surface area contributed by atoms with Gasteiger partial charge < -0.3 is 10.2 Å². The van der Waals surface area contributed by atoms with Crippen LogP contribution in [0.4, 0.5) is 10.5 Å². The van der Waals surface area contributed by atoms with E-state index in [0.29, 0.717) is 5.69 Å². The lowest BCUT2D eigenvalue weighted by molar-refractivity contribution is 0.201. The molecule has 0 radical (unpaired) electrons. The summed E-state index contributed by atoms with van der Waals surface area (Å²) in [6.07, 6.45) is 0.897. The zero-order valence-corrected chi connectivity index (χ0v) is 16.0. The summed E-state index contributed by atoms with van der Waals surface area (Å²) in [6.45, 7) is 2.59. The molecule has 0 unspecified atom stereocenters. The Hall–Kier alpha value is -2.42. The summed E-state index contributed by atoms with van der Waals surface area (Å²) in [7, 11) is -2.05. The number of sulfonamides is 1. The van der Waals surface area contributed by atoms with Crippen molar-refractivity contribution in [2.75, 3.05) is 25.5 Å². The molecule has 8 heteroatoms. The summed E-state index contributed by atoms with van der Waals surface area (Å²) in [5.74, 6) is 0. The number of hydrogen-bond donors (Lipinski definition) is 2. The number of likely N-dealkylation sites (tertiary alicyclic amines) is 1. The summed E-state index contributed by atoms with van der Waals surface area (Å²) in [6, 6.07) is 16.0. The summed E-state index contributed by atoms with van der Waals surface area (Å²) >= 11 is 0. The smallest absolute Gasteiger partial charge is 0.321 e. The summed E-state index contributed by atoms with van der Waals surface area (Å²) in [5.41, 5.74) is 1.66. The number of benzene rings is 2. The van der Waals surface area contributed by atoms with Crippen LogP contribution in [-0.2, 0) is 16.6 Å². The lowest BCUT2D eigenvalue weighted by Gasteiger charge is -2.25. The van der Waals surface area contributed by atoms with Crippen molar-refractivity contribution < 1.29 is 13.2 Å². The Morgan fingerprint density at radius 3 is 2.67 bits per heavy atom. The number of nitrogens with one attached hydrogen (secondary N) is 1. The van der Waals surface area contributed by atoms with E-state index in [1.807, 2.05) is 18.2 Å². The Morgan fingerprint density at radius 1 is 1.22 bits per heavy atom. The second-order valence-corrected chi connectivity index (χ2v) is 8.34. The van der Waals surface area contributed by atoms with E-state index in [1.165, 1.54) is 17.7 Å². The maximum atomic E-state index is 12.5. The SMILES string of the molecule is CN(C(=O)Nc1cccc(S(N)(=O)=O)c1)[C@H]1CCN(Cc2ccccc2)C1. The van der Waals surface area contributed by atoms with Gasteiger partial charge >= 0.3 is 6.03 Å². The number of primary sulfonamides is 1. The van der Waals surface area contributed by atoms with Crippen LogP contribution in [0.1, 0.15) is 12.0 Å². The fourth-order valence-corrected chi connectivity index (χ4v) is 3.80. The molecule has 1 aliphatic rings. The monoisotopic (exact) mass is 388 g/mol. The van der Waals surface area contributed by atoms with Gasteiger partial charge in [0.05, 0.1) is 4.90 Å². The first-order valence-electron chi connectivity index (χ1n) is 8.76. The van der Waals surface area contributed by atoms with Crippen molar-refractivity contribution in [2.45, 2.75) is 23.9 Å². The molecule has 1 aliphatic heterocycles. The van der Waals surface area contributed by atoms with Crippen molar-refractivity contribution in [1.29, 1.82) is 0 Å². The number of hydrogen-bond acceptors (Lipinski definition) is 4. The first kappa shape index (κ1) is 19.3. The fraction of sp³-hybridized carbons (Fsp3) is 0.316. The van der Waals surface area contributed by atoms with Gasteiger partial charge in [-0.15, -0.1) is 0 Å². The average Bonchev–Trinajstić information content (AvgIpc) is 3.10. The van der Waals surface area contributed by atoms with Gasteiger partial charge in [0.15, 0.2) is 0 Å². The minimum Gasteiger partial charge on any atom is -0.323 e. The van der Waals surface area contributed by atoms with E-state index in [1.54, 1.807) is 24.1 Å². The van der Waals surface area contributed by atoms with E-state index >= 15 is 0 Å². The van der Waals surface area contributed by atoms with Gasteiger partial charge in [-0.2, -0.15) is 0 Å². The van der Waals surface area contributed by atoms with E-state index in [0.717, 1.165) is 26.1 Å². The highest BCUT2D eigenvalue weighted by molar-refractivity contribution is 7.89. The molecule has 0 saturated carbocycles. The highest BCUT2D eigenvalue weighted by atomic mass is 32.2. The predicted molar refractivity (Wildman–Crippen MR) is 105 cm³/mol. The molecule has 144 valence electrons. The number of nitrogens with zero attached hydrogens (tertiary/aromatic N) is 2. The Kier molecular flexibility index (Phi) is 5.79. The van der Waals surface area contributed by atoms with Crippen LogP contribution >= 0.6 is 0 Å². The standard InChI is InChI=1S/C19H24N4O3S/c1-22(17-10-11-23(14-17)13-15-6-3-2-4-7-15)19(24)21-16-8-5-9-18(12-16)27(20,25)26/h2-9,12,17H,10-11,13-14H2,1H3,(H,21,24)(H2,20,25,26)/t17-/m0/s1. The lowest BCUT2D eigenvalue weighted by Crippen LogP contribution is -2.41. The molecular weight excluding hydrogens is 364 g/mol. The van der Waals surface area contributed by atoms with Crippen LogP contribution in [0.25, 0.3) is 0 Å². The number of carbonyl (C=O) groups is 1. The first-order valence-corrected chi connectivity index (χ1v) is 10.3. The predicted octanol–water partition coefficient (Wildman–Crippen LogP) is 2.07. The van der Waals surface area contributed by atoms with Gasteiger partial charge in [-0.3, -0.25) is 4.90 Å². The molecule has 1 fully saturated rings. The molecule has 3 rings (SSSR count). The van der Waals surface area contributed by atoms with E-state index in [4.69, 9.17) is 5.14 Å². The number of rotatable bonds is 5. The van der Waals surface area contributed by atoms with Gasteiger partial charge in [-0.25, -0.2) is 18.4 Å². The third kappa shape index (κ3) is 5.06. The van der Waals surface area contributed by atoms with Gasteiger partial charge in [0.1, 0.15) is 0 Å². The summed E-state index contributed by atoms with van der Waals surface area (Å²) < 4.78 is 22.9. The van der Waals surface area contributed by atoms with Crippen molar-refractivity contribution in [3.05, 3.63) is 60.2 Å². The second kappa shape index (κ2) is 8.08. The molecular formula is C19H24N4O3S. The number of amides is 2. The molecule has 1 saturated heterocycles. The van der Waals surface area contributed by atoms with Crippen LogP contribution in [0.15, 0.2) is 59.5 Å². The van der Waals surface area contributed by atoms with Gasteiger partial charge in [0.2, 0.25) is 10.0 Å². The van der Waals surface area contributed by atoms with Crippen LogP contribution in [0.3, 0.4) is 0 Å². The Labute approximate surface area is 159 Å². The van der Waals surface area contributed by atoms with Crippen LogP contribution in [0.2, 0.25) is 0 Å². The molecule has 0 bridgehead atoms. The van der Waals surface area contributed by atoms with Crippen LogP contribution in [0.5, 0.6) is 0 Å². The quantitative estimate of drug-likeness (QED) is 0.820. The van der Waals surface area contributed by atoms with Crippen LogP contribution < -0.4 is 10.5 Å². The molecule has 2 aromatic rings. The highest BCUT2D eigenvalue weighted by Crippen LogP contribution is 2.19. The van der Waals surface area contributed by atoms with Gasteiger partial charge in [-0.1, -0.05) is 36.4 Å². The van der Waals surface area contributed by atoms with Crippen LogP contribution in [-0.4, -0.2) is 50.4 Å². The van der Waals surface area contributed by atoms with Crippen molar-refractivity contribution in [3.8, 4) is 0 Å². The topological polar surface area (TPSA) is 95.7 Å². The highest BCUT2D eigenvalue weighted by Gasteiger charge is 2.28. The van der Waals surface area contributed by atoms with Gasteiger partial charge in [-0.05, 0) is 30.2 Å². The fourth-order valence-electron chi connectivity index (χ4n) is 3.24. The molecule has 27 heavy (non-hydrogen) atoms. The molecule has 3 N–H and O–H groups in total. The molecule has 0 aliphatic carbocycles. The zero-order valence-electron chi connectivity index (χ0n) is 15.2. The van der Waals surface area contributed by atoms with E-state index in [9.17, 15) is 13.2 Å². The van der Waals surface area contributed by atoms with Crippen molar-refractivity contribution in [2.24, 2.45) is 5.14 Å². The molecule has 1 heterocycles. The number of carbonyl (C=O) groups excluding carboxylic acids is 1. The van der Waals surface area contributed by atoms with Gasteiger partial charge in [0, 0.05) is 38.4 Å². The molecule has 0 aromatic heterocycles. The average molecular weight is 388 g/mol. The molecule has 2 aromatic carbocycles. The number of urea groups is 1. The van der Waals surface area contributed by atoms with E-state index in [2.05, 4.69) is 22.3 Å². The second-order valence-electron chi connectivity index (χ2n) is 6.78. The van der Waals surface area contributed by atoms with Crippen LogP contribution in [0, 0.1) is 0 Å². The minimum atomic E-state index is -3.81. The normalized spacial score (nSPS) is 17.6. The molecule has 2 amide bonds. The number of nitrogens with two attached hydrogens (primary N) is 1. The maximum absolute atomic E-state index is 12.5. The first-order chi connectivity index (χ1) is 12.8. The van der Waals surface area contributed by atoms with Gasteiger partial charge in [0.25, 0.3) is 0 Å². The number of anilines is 1. The van der Waals surface area contributed by atoms with E-state index in [-0.39, 0.29) is 17.0 Å². The third-order valence-electron chi connectivity index (χ3n) is 4.78. The Morgan fingerprint density at radius 2 is 1.96 bits per heavy atom. The third-order valence-corrected chi connectivity index (χ3v) is 5.69. The van der Waals surface area contributed by atoms with Crippen molar-refractivity contribution in [3.63, 3.8) is 0 Å². The maximum Gasteiger partial charge on any atom is 0.321 e. The molecule has 1 atom stereocenters. The molecule has 7 nitrogen and oxygen atoms in total. The Balaban J connectivity index is 1.58. The zero-order chi connectivity index (χ0) is 19.4. The van der Waals surface area contributed by atoms with Crippen molar-refractivity contribution >= 4 is 21.7 Å². The lowest BCUT2D eigenvalue weighted by atomic mass is 10.2. The van der Waals surface area contributed by atoms with E-state index < -0.39 is 10.0 Å². The largest absolute Gasteiger partial charge is 0.323 e.